The maximum Gasteiger partial charge on any atom is 0.275 e. The Labute approximate surface area is 121 Å². The lowest BCUT2D eigenvalue weighted by Crippen LogP contribution is -2.53. The number of carbonyl (C=O) groups excluding carboxylic acids is 2. The van der Waals surface area contributed by atoms with Crippen LogP contribution in [0.25, 0.3) is 10.9 Å². The molecule has 2 saturated heterocycles. The van der Waals surface area contributed by atoms with Gasteiger partial charge in [-0.2, -0.15) is 5.10 Å². The van der Waals surface area contributed by atoms with Crippen LogP contribution in [0.5, 0.6) is 0 Å². The van der Waals surface area contributed by atoms with Crippen molar-refractivity contribution in [2.24, 2.45) is 0 Å². The molecule has 2 fully saturated rings. The van der Waals surface area contributed by atoms with Crippen LogP contribution in [0.1, 0.15) is 23.3 Å². The van der Waals surface area contributed by atoms with Crippen LogP contribution >= 0.6 is 0 Å². The van der Waals surface area contributed by atoms with E-state index in [4.69, 9.17) is 0 Å². The van der Waals surface area contributed by atoms with Gasteiger partial charge < -0.3 is 9.80 Å². The quantitative estimate of drug-likeness (QED) is 0.849. The number of hydrogen-bond acceptors (Lipinski definition) is 3. The van der Waals surface area contributed by atoms with Gasteiger partial charge in [0, 0.05) is 37.5 Å². The molecule has 3 heterocycles. The van der Waals surface area contributed by atoms with Crippen molar-refractivity contribution in [2.75, 3.05) is 19.6 Å². The number of nitrogens with one attached hydrogen (secondary N) is 1. The van der Waals surface area contributed by atoms with E-state index in [9.17, 15) is 9.59 Å². The predicted octanol–water partition coefficient (Wildman–Crippen LogP) is 1.01. The molecule has 108 valence electrons. The van der Waals surface area contributed by atoms with Crippen molar-refractivity contribution < 1.29 is 9.59 Å². The molecule has 2 aromatic rings. The Bertz CT molecular complexity index is 723. The molecule has 0 radical (unpaired) electrons. The summed E-state index contributed by atoms with van der Waals surface area (Å²) in [5, 5.41) is 7.93. The topological polar surface area (TPSA) is 69.3 Å². The second-order valence-electron chi connectivity index (χ2n) is 5.65. The number of piperazine rings is 1. The number of fused-ring (bicyclic) bond motifs is 2. The minimum atomic E-state index is -0.0496. The zero-order valence-corrected chi connectivity index (χ0v) is 11.6. The highest BCUT2D eigenvalue weighted by Crippen LogP contribution is 2.24. The highest BCUT2D eigenvalue weighted by atomic mass is 16.2. The lowest BCUT2D eigenvalue weighted by Gasteiger charge is -2.37. The van der Waals surface area contributed by atoms with E-state index in [0.717, 1.165) is 17.3 Å². The van der Waals surface area contributed by atoms with Gasteiger partial charge in [0.25, 0.3) is 5.91 Å². The number of aromatic nitrogens is 2. The normalized spacial score (nSPS) is 21.9. The number of benzene rings is 1. The molecule has 0 aliphatic carbocycles. The number of aromatic amines is 1. The van der Waals surface area contributed by atoms with Crippen molar-refractivity contribution >= 4 is 22.7 Å². The summed E-state index contributed by atoms with van der Waals surface area (Å²) in [5.41, 5.74) is 1.35. The zero-order chi connectivity index (χ0) is 14.4. The Morgan fingerprint density at radius 1 is 1.29 bits per heavy atom. The van der Waals surface area contributed by atoms with Gasteiger partial charge in [-0.1, -0.05) is 18.2 Å². The molecule has 4 rings (SSSR count). The molecule has 6 heteroatoms. The number of H-pyrrole nitrogens is 1. The number of carbonyl (C=O) groups is 2. The second-order valence-corrected chi connectivity index (χ2v) is 5.65. The molecule has 0 bridgehead atoms. The summed E-state index contributed by atoms with van der Waals surface area (Å²) in [4.78, 5) is 28.1. The van der Waals surface area contributed by atoms with Crippen molar-refractivity contribution in [1.82, 2.24) is 20.0 Å². The molecule has 0 spiro atoms. The third-order valence-corrected chi connectivity index (χ3v) is 4.45. The summed E-state index contributed by atoms with van der Waals surface area (Å²) in [7, 11) is 0. The van der Waals surface area contributed by atoms with Gasteiger partial charge in [-0.25, -0.2) is 0 Å². The fraction of sp³-hybridized carbons (Fsp3) is 0.400. The minimum absolute atomic E-state index is 0.0496. The Morgan fingerprint density at radius 2 is 2.14 bits per heavy atom. The van der Waals surface area contributed by atoms with E-state index >= 15 is 0 Å². The zero-order valence-electron chi connectivity index (χ0n) is 11.6. The van der Waals surface area contributed by atoms with Crippen LogP contribution in [0.15, 0.2) is 24.3 Å². The number of amides is 2. The first-order valence-corrected chi connectivity index (χ1v) is 7.26. The van der Waals surface area contributed by atoms with Crippen molar-refractivity contribution in [3.63, 3.8) is 0 Å². The predicted molar refractivity (Wildman–Crippen MR) is 76.7 cm³/mol. The number of para-hydroxylation sites is 1. The number of nitrogens with zero attached hydrogens (tertiary/aromatic N) is 3. The fourth-order valence-corrected chi connectivity index (χ4v) is 3.33. The summed E-state index contributed by atoms with van der Waals surface area (Å²) < 4.78 is 0. The van der Waals surface area contributed by atoms with E-state index in [1.165, 1.54) is 0 Å². The van der Waals surface area contributed by atoms with Crippen molar-refractivity contribution in [3.05, 3.63) is 30.0 Å². The molecule has 1 N–H and O–H groups in total. The monoisotopic (exact) mass is 284 g/mol. The van der Waals surface area contributed by atoms with Gasteiger partial charge in [-0.3, -0.25) is 14.7 Å². The van der Waals surface area contributed by atoms with Crippen LogP contribution in [0.3, 0.4) is 0 Å². The fourth-order valence-electron chi connectivity index (χ4n) is 3.33. The molecule has 1 aromatic heterocycles. The molecule has 0 saturated carbocycles. The molecule has 2 aliphatic rings. The van der Waals surface area contributed by atoms with Gasteiger partial charge in [0.05, 0.1) is 5.52 Å². The van der Waals surface area contributed by atoms with Crippen LogP contribution in [-0.4, -0.2) is 57.5 Å². The summed E-state index contributed by atoms with van der Waals surface area (Å²) in [6, 6.07) is 7.81. The van der Waals surface area contributed by atoms with Crippen molar-refractivity contribution in [2.45, 2.75) is 18.9 Å². The van der Waals surface area contributed by atoms with Crippen LogP contribution < -0.4 is 0 Å². The summed E-state index contributed by atoms with van der Waals surface area (Å²) in [6.07, 6.45) is 1.46. The van der Waals surface area contributed by atoms with E-state index in [-0.39, 0.29) is 17.9 Å². The Morgan fingerprint density at radius 3 is 3.05 bits per heavy atom. The average Bonchev–Trinajstić information content (AvgIpc) is 3.10. The summed E-state index contributed by atoms with van der Waals surface area (Å²) in [5.74, 6) is 0.170. The van der Waals surface area contributed by atoms with Crippen molar-refractivity contribution in [3.8, 4) is 0 Å². The highest BCUT2D eigenvalue weighted by molar-refractivity contribution is 6.04. The number of hydrogen-bond donors (Lipinski definition) is 1. The van der Waals surface area contributed by atoms with Crippen LogP contribution in [-0.2, 0) is 4.79 Å². The number of rotatable bonds is 1. The first-order chi connectivity index (χ1) is 10.2. The molecule has 6 nitrogen and oxygen atoms in total. The lowest BCUT2D eigenvalue weighted by atomic mass is 10.1. The summed E-state index contributed by atoms with van der Waals surface area (Å²) >= 11 is 0. The average molecular weight is 284 g/mol. The Balaban J connectivity index is 1.59. The smallest absolute Gasteiger partial charge is 0.275 e. The second kappa shape index (κ2) is 4.58. The maximum atomic E-state index is 12.7. The molecule has 21 heavy (non-hydrogen) atoms. The Kier molecular flexibility index (Phi) is 2.70. The van der Waals surface area contributed by atoms with E-state index in [2.05, 4.69) is 10.2 Å². The SMILES string of the molecule is O=C(c1n[nH]c2ccccc12)N1CCN2C(=O)CCC2C1. The molecule has 1 atom stereocenters. The van der Waals surface area contributed by atoms with Gasteiger partial charge in [0.1, 0.15) is 0 Å². The summed E-state index contributed by atoms with van der Waals surface area (Å²) in [6.45, 7) is 1.84. The molecule has 2 aliphatic heterocycles. The van der Waals surface area contributed by atoms with Gasteiger partial charge in [-0.05, 0) is 12.5 Å². The van der Waals surface area contributed by atoms with E-state index in [0.29, 0.717) is 31.7 Å². The van der Waals surface area contributed by atoms with Crippen LogP contribution in [0.2, 0.25) is 0 Å². The van der Waals surface area contributed by atoms with Crippen molar-refractivity contribution in [1.29, 1.82) is 0 Å². The first kappa shape index (κ1) is 12.4. The van der Waals surface area contributed by atoms with E-state index in [1.807, 2.05) is 34.1 Å². The molecule has 1 aromatic carbocycles. The lowest BCUT2D eigenvalue weighted by molar-refractivity contribution is -0.130. The first-order valence-electron chi connectivity index (χ1n) is 7.26. The molecule has 2 amide bonds. The molecular formula is C15H16N4O2. The van der Waals surface area contributed by atoms with Crippen LogP contribution in [0.4, 0.5) is 0 Å². The van der Waals surface area contributed by atoms with Gasteiger partial charge in [0.2, 0.25) is 5.91 Å². The highest BCUT2D eigenvalue weighted by Gasteiger charge is 2.37. The van der Waals surface area contributed by atoms with E-state index < -0.39 is 0 Å². The molecule has 1 unspecified atom stereocenters. The Hall–Kier alpha value is -2.37. The largest absolute Gasteiger partial charge is 0.336 e. The van der Waals surface area contributed by atoms with Gasteiger partial charge >= 0.3 is 0 Å². The standard InChI is InChI=1S/C15H16N4O2/c20-13-6-5-10-9-18(7-8-19(10)13)15(21)14-11-3-1-2-4-12(11)16-17-14/h1-4,10H,5-9H2,(H,16,17). The van der Waals surface area contributed by atoms with Gasteiger partial charge in [-0.15, -0.1) is 0 Å². The van der Waals surface area contributed by atoms with Crippen LogP contribution in [0, 0.1) is 0 Å². The maximum absolute atomic E-state index is 12.7. The third kappa shape index (κ3) is 1.90. The minimum Gasteiger partial charge on any atom is -0.336 e. The van der Waals surface area contributed by atoms with Gasteiger partial charge in [0.15, 0.2) is 5.69 Å². The van der Waals surface area contributed by atoms with E-state index in [1.54, 1.807) is 0 Å². The third-order valence-electron chi connectivity index (χ3n) is 4.45. The molecular weight excluding hydrogens is 268 g/mol.